The molecule has 0 aliphatic carbocycles. The van der Waals surface area contributed by atoms with Crippen molar-refractivity contribution in [1.82, 2.24) is 0 Å². The second-order valence-corrected chi connectivity index (χ2v) is 7.50. The first-order valence-electron chi connectivity index (χ1n) is 8.73. The summed E-state index contributed by atoms with van der Waals surface area (Å²) in [6, 6.07) is 11.9. The molecular formula is C20H25NO4S. The highest BCUT2D eigenvalue weighted by Crippen LogP contribution is 2.28. The van der Waals surface area contributed by atoms with Gasteiger partial charge < -0.3 is 9.47 Å². The summed E-state index contributed by atoms with van der Waals surface area (Å²) in [4.78, 5) is 0.170. The molecule has 2 aromatic rings. The number of unbranched alkanes of at least 4 members (excludes halogenated alkanes) is 1. The van der Waals surface area contributed by atoms with Gasteiger partial charge in [0.1, 0.15) is 0 Å². The van der Waals surface area contributed by atoms with E-state index in [0.29, 0.717) is 30.3 Å². The fraction of sp³-hybridized carbons (Fsp3) is 0.350. The Kier molecular flexibility index (Phi) is 7.21. The van der Waals surface area contributed by atoms with E-state index in [1.165, 1.54) is 6.21 Å². The lowest BCUT2D eigenvalue weighted by Gasteiger charge is -2.12. The van der Waals surface area contributed by atoms with Crippen molar-refractivity contribution >= 4 is 16.2 Å². The normalized spacial score (nSPS) is 11.7. The Morgan fingerprint density at radius 1 is 1.00 bits per heavy atom. The van der Waals surface area contributed by atoms with E-state index in [9.17, 15) is 8.42 Å². The largest absolute Gasteiger partial charge is 0.490 e. The fourth-order valence-electron chi connectivity index (χ4n) is 2.22. The highest BCUT2D eigenvalue weighted by Gasteiger charge is 2.12. The van der Waals surface area contributed by atoms with Gasteiger partial charge in [-0.1, -0.05) is 31.0 Å². The van der Waals surface area contributed by atoms with E-state index in [2.05, 4.69) is 11.3 Å². The molecule has 2 rings (SSSR count). The van der Waals surface area contributed by atoms with Crippen molar-refractivity contribution in [3.8, 4) is 11.5 Å². The van der Waals surface area contributed by atoms with Gasteiger partial charge in [0.05, 0.1) is 18.1 Å². The van der Waals surface area contributed by atoms with Gasteiger partial charge >= 0.3 is 0 Å². The number of aryl methyl sites for hydroxylation is 1. The highest BCUT2D eigenvalue weighted by molar-refractivity contribution is 7.90. The van der Waals surface area contributed by atoms with Crippen molar-refractivity contribution in [1.29, 1.82) is 0 Å². The van der Waals surface area contributed by atoms with Crippen LogP contribution in [-0.2, 0) is 10.0 Å². The van der Waals surface area contributed by atoms with Crippen LogP contribution in [0.5, 0.6) is 11.5 Å². The molecule has 0 N–H and O–H groups in total. The zero-order valence-corrected chi connectivity index (χ0v) is 16.3. The molecule has 0 heterocycles. The van der Waals surface area contributed by atoms with Crippen LogP contribution >= 0.6 is 0 Å². The van der Waals surface area contributed by atoms with Crippen LogP contribution in [0.25, 0.3) is 0 Å². The van der Waals surface area contributed by atoms with Crippen molar-refractivity contribution in [3.63, 3.8) is 0 Å². The molecule has 26 heavy (non-hydrogen) atoms. The van der Waals surface area contributed by atoms with Crippen LogP contribution in [0.2, 0.25) is 0 Å². The zero-order valence-electron chi connectivity index (χ0n) is 15.4. The molecular weight excluding hydrogens is 350 g/mol. The minimum Gasteiger partial charge on any atom is -0.490 e. The molecule has 0 bridgehead atoms. The predicted octanol–water partition coefficient (Wildman–Crippen LogP) is 4.38. The van der Waals surface area contributed by atoms with Crippen LogP contribution in [-0.4, -0.2) is 27.8 Å². The van der Waals surface area contributed by atoms with Crippen molar-refractivity contribution in [3.05, 3.63) is 53.6 Å². The quantitative estimate of drug-likeness (QED) is 0.482. The van der Waals surface area contributed by atoms with Crippen LogP contribution in [0.1, 0.15) is 37.8 Å². The molecule has 0 saturated heterocycles. The topological polar surface area (TPSA) is 65.0 Å². The number of hydrogen-bond acceptors (Lipinski definition) is 4. The Balaban J connectivity index is 2.21. The standard InChI is InChI=1S/C20H25NO4S/c1-4-6-13-25-19-12-9-17(14-20(19)24-5-2)15-21-26(22,23)18-10-7-16(3)8-11-18/h7-12,14-15H,4-6,13H2,1-3H3/b21-15-. The van der Waals surface area contributed by atoms with Crippen molar-refractivity contribution in [2.24, 2.45) is 4.40 Å². The maximum atomic E-state index is 12.3. The molecule has 0 aliphatic heterocycles. The van der Waals surface area contributed by atoms with E-state index in [1.807, 2.05) is 13.8 Å². The summed E-state index contributed by atoms with van der Waals surface area (Å²) < 4.78 is 39.7. The molecule has 0 amide bonds. The molecule has 0 atom stereocenters. The summed E-state index contributed by atoms with van der Waals surface area (Å²) in [5.41, 5.74) is 1.62. The summed E-state index contributed by atoms with van der Waals surface area (Å²) in [5.74, 6) is 1.24. The Bertz CT molecular complexity index is 843. The van der Waals surface area contributed by atoms with Crippen molar-refractivity contribution < 1.29 is 17.9 Å². The summed E-state index contributed by atoms with van der Waals surface area (Å²) in [6.07, 6.45) is 3.34. The van der Waals surface area contributed by atoms with Crippen LogP contribution < -0.4 is 9.47 Å². The Morgan fingerprint density at radius 3 is 2.38 bits per heavy atom. The molecule has 0 radical (unpaired) electrons. The average Bonchev–Trinajstić information content (AvgIpc) is 2.62. The van der Waals surface area contributed by atoms with Gasteiger partial charge in [-0.25, -0.2) is 0 Å². The summed E-state index contributed by atoms with van der Waals surface area (Å²) in [7, 11) is -3.73. The van der Waals surface area contributed by atoms with E-state index < -0.39 is 10.0 Å². The van der Waals surface area contributed by atoms with Gasteiger partial charge in [-0.2, -0.15) is 12.8 Å². The third-order valence-corrected chi connectivity index (χ3v) is 4.93. The molecule has 0 aliphatic rings. The first-order chi connectivity index (χ1) is 12.5. The Hall–Kier alpha value is -2.34. The minimum atomic E-state index is -3.73. The average molecular weight is 375 g/mol. The molecule has 0 spiro atoms. The maximum Gasteiger partial charge on any atom is 0.282 e. The minimum absolute atomic E-state index is 0.170. The van der Waals surface area contributed by atoms with Crippen LogP contribution in [0.3, 0.4) is 0 Å². The van der Waals surface area contributed by atoms with E-state index in [1.54, 1.807) is 42.5 Å². The smallest absolute Gasteiger partial charge is 0.282 e. The number of sulfonamides is 1. The van der Waals surface area contributed by atoms with Crippen molar-refractivity contribution in [2.75, 3.05) is 13.2 Å². The van der Waals surface area contributed by atoms with E-state index >= 15 is 0 Å². The molecule has 0 fully saturated rings. The third-order valence-electron chi connectivity index (χ3n) is 3.68. The Morgan fingerprint density at radius 2 is 1.73 bits per heavy atom. The summed E-state index contributed by atoms with van der Waals surface area (Å²) in [6.45, 7) is 7.00. The third kappa shape index (κ3) is 5.59. The van der Waals surface area contributed by atoms with Gasteiger partial charge in [0.2, 0.25) is 0 Å². The van der Waals surface area contributed by atoms with Gasteiger partial charge in [-0.05, 0) is 56.2 Å². The van der Waals surface area contributed by atoms with E-state index in [0.717, 1.165) is 18.4 Å². The summed E-state index contributed by atoms with van der Waals surface area (Å²) >= 11 is 0. The number of nitrogens with zero attached hydrogens (tertiary/aromatic N) is 1. The van der Waals surface area contributed by atoms with Gasteiger partial charge in [0.15, 0.2) is 11.5 Å². The molecule has 5 nitrogen and oxygen atoms in total. The van der Waals surface area contributed by atoms with Crippen molar-refractivity contribution in [2.45, 2.75) is 38.5 Å². The molecule has 0 aromatic heterocycles. The van der Waals surface area contributed by atoms with Gasteiger partial charge in [0.25, 0.3) is 10.0 Å². The lowest BCUT2D eigenvalue weighted by molar-refractivity contribution is 0.272. The van der Waals surface area contributed by atoms with Gasteiger partial charge in [-0.3, -0.25) is 0 Å². The van der Waals surface area contributed by atoms with Crippen LogP contribution in [0.15, 0.2) is 51.8 Å². The lowest BCUT2D eigenvalue weighted by Crippen LogP contribution is -2.02. The number of hydrogen-bond donors (Lipinski definition) is 0. The monoisotopic (exact) mass is 375 g/mol. The highest BCUT2D eigenvalue weighted by atomic mass is 32.2. The zero-order chi connectivity index (χ0) is 19.0. The summed E-state index contributed by atoms with van der Waals surface area (Å²) in [5, 5.41) is 0. The van der Waals surface area contributed by atoms with Crippen LogP contribution in [0, 0.1) is 6.92 Å². The number of ether oxygens (including phenoxy) is 2. The number of benzene rings is 2. The van der Waals surface area contributed by atoms with Crippen LogP contribution in [0.4, 0.5) is 0 Å². The molecule has 2 aromatic carbocycles. The fourth-order valence-corrected chi connectivity index (χ4v) is 3.08. The van der Waals surface area contributed by atoms with E-state index in [4.69, 9.17) is 9.47 Å². The van der Waals surface area contributed by atoms with E-state index in [-0.39, 0.29) is 4.90 Å². The van der Waals surface area contributed by atoms with Gasteiger partial charge in [-0.15, -0.1) is 0 Å². The lowest BCUT2D eigenvalue weighted by atomic mass is 10.2. The first-order valence-corrected chi connectivity index (χ1v) is 10.2. The molecule has 140 valence electrons. The number of rotatable bonds is 9. The second-order valence-electron chi connectivity index (χ2n) is 5.86. The van der Waals surface area contributed by atoms with Gasteiger partial charge in [0, 0.05) is 6.21 Å². The molecule has 6 heteroatoms. The maximum absolute atomic E-state index is 12.3. The second kappa shape index (κ2) is 9.38. The molecule has 0 saturated carbocycles. The Labute approximate surface area is 155 Å². The predicted molar refractivity (Wildman–Crippen MR) is 104 cm³/mol. The first kappa shape index (κ1) is 20.0. The SMILES string of the molecule is CCCCOc1ccc(/C=N\S(=O)(=O)c2ccc(C)cc2)cc1OCC. The molecule has 0 unspecified atom stereocenters.